The molecule has 0 aliphatic carbocycles. The molecule has 6 heteroatoms. The molecule has 1 aromatic carbocycles. The Morgan fingerprint density at radius 3 is 2.48 bits per heavy atom. The van der Waals surface area contributed by atoms with Crippen LogP contribution in [-0.4, -0.2) is 60.9 Å². The number of nitrogens with one attached hydrogen (secondary N) is 1. The highest BCUT2D eigenvalue weighted by molar-refractivity contribution is 6.30. The summed E-state index contributed by atoms with van der Waals surface area (Å²) >= 11 is 5.97. The lowest BCUT2D eigenvalue weighted by atomic mass is 9.90. The van der Waals surface area contributed by atoms with Gasteiger partial charge < -0.3 is 15.1 Å². The van der Waals surface area contributed by atoms with Crippen molar-refractivity contribution in [2.45, 2.75) is 27.2 Å². The normalized spacial score (nSPS) is 15.9. The van der Waals surface area contributed by atoms with Crippen LogP contribution in [0, 0.1) is 5.41 Å². The first-order valence-electron chi connectivity index (χ1n) is 8.89. The topological polar surface area (TPSA) is 52.7 Å². The van der Waals surface area contributed by atoms with Gasteiger partial charge in [-0.2, -0.15) is 0 Å². The summed E-state index contributed by atoms with van der Waals surface area (Å²) in [6, 6.07) is 7.57. The zero-order valence-electron chi connectivity index (χ0n) is 15.3. The molecular formula is C19H28ClN3O2. The quantitative estimate of drug-likeness (QED) is 0.786. The van der Waals surface area contributed by atoms with Crippen LogP contribution in [0.4, 0.5) is 0 Å². The van der Waals surface area contributed by atoms with E-state index in [-0.39, 0.29) is 11.8 Å². The van der Waals surface area contributed by atoms with E-state index in [0.29, 0.717) is 31.1 Å². The Morgan fingerprint density at radius 2 is 1.88 bits per heavy atom. The number of halogens is 1. The van der Waals surface area contributed by atoms with E-state index in [1.807, 2.05) is 29.2 Å². The molecule has 1 fully saturated rings. The van der Waals surface area contributed by atoms with E-state index in [9.17, 15) is 9.59 Å². The summed E-state index contributed by atoms with van der Waals surface area (Å²) < 4.78 is 0. The van der Waals surface area contributed by atoms with Gasteiger partial charge in [0.05, 0.1) is 0 Å². The first kappa shape index (κ1) is 19.7. The van der Waals surface area contributed by atoms with Crippen molar-refractivity contribution in [1.29, 1.82) is 0 Å². The van der Waals surface area contributed by atoms with Crippen molar-refractivity contribution in [2.75, 3.05) is 39.3 Å². The first-order chi connectivity index (χ1) is 11.8. The average molecular weight is 366 g/mol. The Hall–Kier alpha value is -1.59. The summed E-state index contributed by atoms with van der Waals surface area (Å²) in [7, 11) is 0. The number of benzene rings is 1. The predicted molar refractivity (Wildman–Crippen MR) is 101 cm³/mol. The zero-order valence-corrected chi connectivity index (χ0v) is 16.1. The molecule has 0 unspecified atom stereocenters. The monoisotopic (exact) mass is 365 g/mol. The molecule has 2 rings (SSSR count). The van der Waals surface area contributed by atoms with Crippen LogP contribution < -0.4 is 5.32 Å². The van der Waals surface area contributed by atoms with Crippen LogP contribution in [0.5, 0.6) is 0 Å². The largest absolute Gasteiger partial charge is 0.355 e. The zero-order chi connectivity index (χ0) is 18.4. The standard InChI is InChI=1S/C19H28ClN3O2/c1-4-22-10-12-23(13-11-22)18(25)19(2,3)17(24)21-9-8-15-6-5-7-16(20)14-15/h5-7,14H,4,8-13H2,1-3H3,(H,21,24). The van der Waals surface area contributed by atoms with Crippen LogP contribution in [0.15, 0.2) is 24.3 Å². The molecule has 0 radical (unpaired) electrons. The lowest BCUT2D eigenvalue weighted by Crippen LogP contribution is -2.55. The van der Waals surface area contributed by atoms with Gasteiger partial charge in [-0.15, -0.1) is 0 Å². The van der Waals surface area contributed by atoms with E-state index < -0.39 is 5.41 Å². The van der Waals surface area contributed by atoms with Crippen LogP contribution in [0.3, 0.4) is 0 Å². The van der Waals surface area contributed by atoms with E-state index in [1.54, 1.807) is 13.8 Å². The SMILES string of the molecule is CCN1CCN(C(=O)C(C)(C)C(=O)NCCc2cccc(Cl)c2)CC1. The van der Waals surface area contributed by atoms with Gasteiger partial charge in [-0.1, -0.05) is 30.7 Å². The molecule has 0 atom stereocenters. The van der Waals surface area contributed by atoms with Gasteiger partial charge >= 0.3 is 0 Å². The maximum atomic E-state index is 12.8. The van der Waals surface area contributed by atoms with Crippen LogP contribution in [-0.2, 0) is 16.0 Å². The van der Waals surface area contributed by atoms with Crippen LogP contribution in [0.25, 0.3) is 0 Å². The second-order valence-electron chi connectivity index (χ2n) is 6.99. The molecule has 0 aromatic heterocycles. The number of hydrogen-bond acceptors (Lipinski definition) is 3. The van der Waals surface area contributed by atoms with Crippen LogP contribution in [0.1, 0.15) is 26.3 Å². The smallest absolute Gasteiger partial charge is 0.237 e. The van der Waals surface area contributed by atoms with Crippen molar-refractivity contribution < 1.29 is 9.59 Å². The molecule has 0 bridgehead atoms. The summed E-state index contributed by atoms with van der Waals surface area (Å²) in [5, 5.41) is 3.58. The Morgan fingerprint density at radius 1 is 1.20 bits per heavy atom. The molecule has 1 aliphatic rings. The highest BCUT2D eigenvalue weighted by atomic mass is 35.5. The molecule has 1 N–H and O–H groups in total. The van der Waals surface area contributed by atoms with Gasteiger partial charge in [0.1, 0.15) is 5.41 Å². The third-order valence-corrected chi connectivity index (χ3v) is 5.03. The fourth-order valence-corrected chi connectivity index (χ4v) is 3.21. The average Bonchev–Trinajstić information content (AvgIpc) is 2.61. The van der Waals surface area contributed by atoms with Gasteiger partial charge in [0, 0.05) is 37.7 Å². The number of rotatable bonds is 6. The highest BCUT2D eigenvalue weighted by Gasteiger charge is 2.39. The summed E-state index contributed by atoms with van der Waals surface area (Å²) in [5.74, 6) is -0.319. The molecule has 1 saturated heterocycles. The third-order valence-electron chi connectivity index (χ3n) is 4.80. The van der Waals surface area contributed by atoms with Crippen LogP contribution >= 0.6 is 11.6 Å². The Labute approximate surface area is 155 Å². The molecular weight excluding hydrogens is 338 g/mol. The minimum atomic E-state index is -1.05. The second kappa shape index (κ2) is 8.68. The van der Waals surface area contributed by atoms with Crippen molar-refractivity contribution in [3.8, 4) is 0 Å². The lowest BCUT2D eigenvalue weighted by molar-refractivity contribution is -0.149. The molecule has 2 amide bonds. The molecule has 0 saturated carbocycles. The Balaban J connectivity index is 1.85. The molecule has 138 valence electrons. The summed E-state index contributed by atoms with van der Waals surface area (Å²) in [4.78, 5) is 29.4. The number of carbonyl (C=O) groups excluding carboxylic acids is 2. The van der Waals surface area contributed by atoms with E-state index in [4.69, 9.17) is 11.6 Å². The molecule has 0 spiro atoms. The summed E-state index contributed by atoms with van der Waals surface area (Å²) in [6.45, 7) is 10.1. The van der Waals surface area contributed by atoms with Crippen molar-refractivity contribution in [1.82, 2.24) is 15.1 Å². The Bertz CT molecular complexity index is 610. The number of carbonyl (C=O) groups is 2. The first-order valence-corrected chi connectivity index (χ1v) is 9.27. The minimum absolute atomic E-state index is 0.0940. The lowest BCUT2D eigenvalue weighted by Gasteiger charge is -2.37. The van der Waals surface area contributed by atoms with Gasteiger partial charge in [-0.25, -0.2) is 0 Å². The maximum absolute atomic E-state index is 12.8. The molecule has 5 nitrogen and oxygen atoms in total. The number of amides is 2. The van der Waals surface area contributed by atoms with E-state index in [0.717, 1.165) is 25.2 Å². The van der Waals surface area contributed by atoms with Gasteiger partial charge in [0.2, 0.25) is 11.8 Å². The maximum Gasteiger partial charge on any atom is 0.237 e. The van der Waals surface area contributed by atoms with Crippen molar-refractivity contribution in [3.05, 3.63) is 34.9 Å². The molecule has 1 aromatic rings. The minimum Gasteiger partial charge on any atom is -0.355 e. The van der Waals surface area contributed by atoms with Gasteiger partial charge in [-0.05, 0) is 44.5 Å². The second-order valence-corrected chi connectivity index (χ2v) is 7.42. The number of nitrogens with zero attached hydrogens (tertiary/aromatic N) is 2. The van der Waals surface area contributed by atoms with Crippen LogP contribution in [0.2, 0.25) is 5.02 Å². The molecule has 25 heavy (non-hydrogen) atoms. The Kier molecular flexibility index (Phi) is 6.85. The predicted octanol–water partition coefficient (Wildman–Crippen LogP) is 2.19. The van der Waals surface area contributed by atoms with Gasteiger partial charge in [-0.3, -0.25) is 9.59 Å². The molecule has 1 aliphatic heterocycles. The summed E-state index contributed by atoms with van der Waals surface area (Å²) in [5.41, 5.74) is 0.00975. The van der Waals surface area contributed by atoms with E-state index in [2.05, 4.69) is 17.1 Å². The van der Waals surface area contributed by atoms with Crippen molar-refractivity contribution in [3.63, 3.8) is 0 Å². The fourth-order valence-electron chi connectivity index (χ4n) is 2.99. The van der Waals surface area contributed by atoms with Crippen molar-refractivity contribution >= 4 is 23.4 Å². The van der Waals surface area contributed by atoms with Gasteiger partial charge in [0.25, 0.3) is 0 Å². The third kappa shape index (κ3) is 5.19. The number of piperazine rings is 1. The summed E-state index contributed by atoms with van der Waals surface area (Å²) in [6.07, 6.45) is 0.686. The van der Waals surface area contributed by atoms with Crippen molar-refractivity contribution in [2.24, 2.45) is 5.41 Å². The number of likely N-dealkylation sites (N-methyl/N-ethyl adjacent to an activating group) is 1. The number of hydrogen-bond donors (Lipinski definition) is 1. The fraction of sp³-hybridized carbons (Fsp3) is 0.579. The van der Waals surface area contributed by atoms with Gasteiger partial charge in [0.15, 0.2) is 0 Å². The molecule has 1 heterocycles. The van der Waals surface area contributed by atoms with E-state index >= 15 is 0 Å². The highest BCUT2D eigenvalue weighted by Crippen LogP contribution is 2.20. The van der Waals surface area contributed by atoms with E-state index in [1.165, 1.54) is 0 Å².